The van der Waals surface area contributed by atoms with E-state index in [9.17, 15) is 9.59 Å². The van der Waals surface area contributed by atoms with Crippen molar-refractivity contribution in [1.82, 2.24) is 5.32 Å². The third-order valence-corrected chi connectivity index (χ3v) is 4.70. The van der Waals surface area contributed by atoms with Crippen LogP contribution in [-0.4, -0.2) is 25.0 Å². The number of nitrogens with zero attached hydrogens (tertiary/aromatic N) is 1. The number of carbonyl (C=O) groups is 2. The number of aryl methyl sites for hydroxylation is 3. The van der Waals surface area contributed by atoms with Gasteiger partial charge in [-0.05, 0) is 50.5 Å². The van der Waals surface area contributed by atoms with Crippen LogP contribution in [0, 0.1) is 20.8 Å². The number of benzene rings is 2. The molecule has 0 radical (unpaired) electrons. The number of rotatable bonds is 6. The first-order valence-electron chi connectivity index (χ1n) is 9.26. The summed E-state index contributed by atoms with van der Waals surface area (Å²) in [5.41, 5.74) is 5.08. The highest BCUT2D eigenvalue weighted by Gasteiger charge is 2.38. The molecule has 142 valence electrons. The Morgan fingerprint density at radius 2 is 1.93 bits per heavy atom. The summed E-state index contributed by atoms with van der Waals surface area (Å²) in [4.78, 5) is 26.3. The molecule has 1 atom stereocenters. The molecule has 1 aliphatic heterocycles. The molecule has 0 fully saturated rings. The van der Waals surface area contributed by atoms with Crippen molar-refractivity contribution in [2.45, 2.75) is 40.2 Å². The number of amides is 2. The smallest absolute Gasteiger partial charge is 0.254 e. The van der Waals surface area contributed by atoms with E-state index in [1.807, 2.05) is 51.1 Å². The zero-order valence-electron chi connectivity index (χ0n) is 16.3. The molecule has 2 amide bonds. The van der Waals surface area contributed by atoms with Crippen LogP contribution in [0.3, 0.4) is 0 Å². The number of anilines is 1. The predicted molar refractivity (Wildman–Crippen MR) is 106 cm³/mol. The molecule has 0 spiro atoms. The number of ether oxygens (including phenoxy) is 1. The molecule has 2 aromatic carbocycles. The molecule has 27 heavy (non-hydrogen) atoms. The fraction of sp³-hybridized carbons (Fsp3) is 0.364. The minimum atomic E-state index is -0.603. The van der Waals surface area contributed by atoms with E-state index in [0.717, 1.165) is 33.7 Å². The average Bonchev–Trinajstić information content (AvgIpc) is 2.84. The molecule has 0 saturated heterocycles. The van der Waals surface area contributed by atoms with Crippen molar-refractivity contribution in [2.24, 2.45) is 0 Å². The van der Waals surface area contributed by atoms with Gasteiger partial charge >= 0.3 is 0 Å². The van der Waals surface area contributed by atoms with Gasteiger partial charge in [0, 0.05) is 19.0 Å². The molecule has 0 aromatic heterocycles. The maximum atomic E-state index is 12.9. The Bertz CT molecular complexity index is 876. The van der Waals surface area contributed by atoms with E-state index in [1.165, 1.54) is 6.92 Å². The molecule has 3 rings (SSSR count). The highest BCUT2D eigenvalue weighted by atomic mass is 16.5. The lowest BCUT2D eigenvalue weighted by molar-refractivity contribution is -0.126. The molecule has 0 bridgehead atoms. The lowest BCUT2D eigenvalue weighted by atomic mass is 10.0. The van der Waals surface area contributed by atoms with E-state index in [1.54, 1.807) is 4.90 Å². The standard InChI is InChI=1S/C22H26N2O3/c1-14-7-5-8-18(12-14)27-10-6-9-24-21-16(3)11-15(2)13-19(21)20(22(24)26)23-17(4)25/h5,7-8,11-13,20H,6,9-10H2,1-4H3,(H,23,25)/t20-/m0/s1. The topological polar surface area (TPSA) is 58.6 Å². The quantitative estimate of drug-likeness (QED) is 0.795. The van der Waals surface area contributed by atoms with Gasteiger partial charge in [0.1, 0.15) is 11.8 Å². The lowest BCUT2D eigenvalue weighted by Crippen LogP contribution is -2.37. The number of nitrogens with one attached hydrogen (secondary N) is 1. The number of hydrogen-bond acceptors (Lipinski definition) is 3. The third kappa shape index (κ3) is 4.13. The molecular weight excluding hydrogens is 340 g/mol. The van der Waals surface area contributed by atoms with E-state index in [-0.39, 0.29) is 11.8 Å². The molecule has 0 saturated carbocycles. The van der Waals surface area contributed by atoms with E-state index < -0.39 is 6.04 Å². The van der Waals surface area contributed by atoms with Gasteiger partial charge in [0.2, 0.25) is 5.91 Å². The normalized spacial score (nSPS) is 15.6. The second-order valence-electron chi connectivity index (χ2n) is 7.16. The first-order chi connectivity index (χ1) is 12.9. The maximum Gasteiger partial charge on any atom is 0.254 e. The van der Waals surface area contributed by atoms with E-state index >= 15 is 0 Å². The van der Waals surface area contributed by atoms with Crippen molar-refractivity contribution in [3.8, 4) is 5.75 Å². The average molecular weight is 366 g/mol. The van der Waals surface area contributed by atoms with Crippen LogP contribution >= 0.6 is 0 Å². The molecule has 0 aliphatic carbocycles. The van der Waals surface area contributed by atoms with Crippen LogP contribution < -0.4 is 15.0 Å². The van der Waals surface area contributed by atoms with E-state index in [2.05, 4.69) is 11.4 Å². The van der Waals surface area contributed by atoms with Crippen LogP contribution in [0.25, 0.3) is 0 Å². The number of fused-ring (bicyclic) bond motifs is 1. The highest BCUT2D eigenvalue weighted by Crippen LogP contribution is 2.39. The van der Waals surface area contributed by atoms with Gasteiger partial charge < -0.3 is 15.0 Å². The van der Waals surface area contributed by atoms with Crippen molar-refractivity contribution in [3.05, 3.63) is 58.7 Å². The van der Waals surface area contributed by atoms with Gasteiger partial charge in [-0.25, -0.2) is 0 Å². The Labute approximate surface area is 160 Å². The Morgan fingerprint density at radius 3 is 2.63 bits per heavy atom. The van der Waals surface area contributed by atoms with Gasteiger partial charge in [-0.1, -0.05) is 29.8 Å². The zero-order chi connectivity index (χ0) is 19.6. The molecule has 1 N–H and O–H groups in total. The molecular formula is C22H26N2O3. The minimum Gasteiger partial charge on any atom is -0.494 e. The summed E-state index contributed by atoms with van der Waals surface area (Å²) in [5.74, 6) is 0.554. The SMILES string of the molecule is CC(=O)N[C@@H]1C(=O)N(CCCOc2cccc(C)c2)c2c(C)cc(C)cc21. The number of carbonyl (C=O) groups excluding carboxylic acids is 2. The summed E-state index contributed by atoms with van der Waals surface area (Å²) >= 11 is 0. The fourth-order valence-electron chi connectivity index (χ4n) is 3.66. The fourth-order valence-corrected chi connectivity index (χ4v) is 3.66. The van der Waals surface area contributed by atoms with Crippen molar-refractivity contribution < 1.29 is 14.3 Å². The Balaban J connectivity index is 1.72. The van der Waals surface area contributed by atoms with Crippen molar-refractivity contribution in [3.63, 3.8) is 0 Å². The minimum absolute atomic E-state index is 0.0792. The summed E-state index contributed by atoms with van der Waals surface area (Å²) in [7, 11) is 0. The Kier molecular flexibility index (Phi) is 5.49. The lowest BCUT2D eigenvalue weighted by Gasteiger charge is -2.20. The molecule has 0 unspecified atom stereocenters. The molecule has 2 aromatic rings. The van der Waals surface area contributed by atoms with Gasteiger partial charge in [-0.3, -0.25) is 9.59 Å². The zero-order valence-corrected chi connectivity index (χ0v) is 16.3. The Morgan fingerprint density at radius 1 is 1.15 bits per heavy atom. The van der Waals surface area contributed by atoms with Gasteiger partial charge in [0.05, 0.1) is 12.3 Å². The molecule has 1 heterocycles. The first kappa shape index (κ1) is 19.0. The summed E-state index contributed by atoms with van der Waals surface area (Å²) in [5, 5.41) is 2.79. The van der Waals surface area contributed by atoms with Crippen LogP contribution in [0.15, 0.2) is 36.4 Å². The Hall–Kier alpha value is -2.82. The van der Waals surface area contributed by atoms with Crippen LogP contribution in [0.1, 0.15) is 41.6 Å². The molecule has 5 nitrogen and oxygen atoms in total. The van der Waals surface area contributed by atoms with Crippen LogP contribution in [0.5, 0.6) is 5.75 Å². The monoisotopic (exact) mass is 366 g/mol. The highest BCUT2D eigenvalue weighted by molar-refractivity contribution is 6.06. The second kappa shape index (κ2) is 7.82. The van der Waals surface area contributed by atoms with E-state index in [4.69, 9.17) is 4.74 Å². The van der Waals surface area contributed by atoms with Crippen molar-refractivity contribution in [1.29, 1.82) is 0 Å². The maximum absolute atomic E-state index is 12.9. The van der Waals surface area contributed by atoms with Crippen molar-refractivity contribution >= 4 is 17.5 Å². The summed E-state index contributed by atoms with van der Waals surface area (Å²) in [6, 6.07) is 11.4. The molecule has 5 heteroatoms. The van der Waals surface area contributed by atoms with Gasteiger partial charge in [0.15, 0.2) is 0 Å². The summed E-state index contributed by atoms with van der Waals surface area (Å²) in [6.45, 7) is 8.55. The molecule has 1 aliphatic rings. The summed E-state index contributed by atoms with van der Waals surface area (Å²) < 4.78 is 5.80. The van der Waals surface area contributed by atoms with E-state index in [0.29, 0.717) is 19.6 Å². The third-order valence-electron chi connectivity index (χ3n) is 4.70. The van der Waals surface area contributed by atoms with Gasteiger partial charge in [-0.15, -0.1) is 0 Å². The first-order valence-corrected chi connectivity index (χ1v) is 9.26. The van der Waals surface area contributed by atoms with Crippen LogP contribution in [-0.2, 0) is 9.59 Å². The van der Waals surface area contributed by atoms with Crippen LogP contribution in [0.2, 0.25) is 0 Å². The van der Waals surface area contributed by atoms with Crippen molar-refractivity contribution in [2.75, 3.05) is 18.1 Å². The predicted octanol–water partition coefficient (Wildman–Crippen LogP) is 3.60. The van der Waals surface area contributed by atoms with Gasteiger partial charge in [0.25, 0.3) is 5.91 Å². The van der Waals surface area contributed by atoms with Gasteiger partial charge in [-0.2, -0.15) is 0 Å². The second-order valence-corrected chi connectivity index (χ2v) is 7.16. The van der Waals surface area contributed by atoms with Crippen LogP contribution in [0.4, 0.5) is 5.69 Å². The largest absolute Gasteiger partial charge is 0.494 e. The number of hydrogen-bond donors (Lipinski definition) is 1. The summed E-state index contributed by atoms with van der Waals surface area (Å²) in [6.07, 6.45) is 0.708.